The van der Waals surface area contributed by atoms with E-state index in [-0.39, 0.29) is 23.7 Å². The van der Waals surface area contributed by atoms with Crippen LogP contribution in [0.3, 0.4) is 0 Å². The Morgan fingerprint density at radius 1 is 1.26 bits per heavy atom. The van der Waals surface area contributed by atoms with Crippen LogP contribution in [-0.4, -0.2) is 52.2 Å². The van der Waals surface area contributed by atoms with Gasteiger partial charge in [0.05, 0.1) is 18.8 Å². The molecule has 3 aromatic rings. The molecule has 0 unspecified atom stereocenters. The maximum Gasteiger partial charge on any atom is 0.259 e. The zero-order valence-electron chi connectivity index (χ0n) is 15.0. The van der Waals surface area contributed by atoms with E-state index in [1.807, 2.05) is 25.1 Å². The van der Waals surface area contributed by atoms with Gasteiger partial charge in [-0.05, 0) is 30.5 Å². The highest BCUT2D eigenvalue weighted by Gasteiger charge is 2.19. The van der Waals surface area contributed by atoms with Crippen molar-refractivity contribution < 1.29 is 14.1 Å². The lowest BCUT2D eigenvalue weighted by atomic mass is 10.1. The van der Waals surface area contributed by atoms with E-state index in [0.717, 1.165) is 16.5 Å². The highest BCUT2D eigenvalue weighted by molar-refractivity contribution is 5.83. The van der Waals surface area contributed by atoms with Gasteiger partial charge in [-0.25, -0.2) is 0 Å². The Labute approximate surface area is 155 Å². The summed E-state index contributed by atoms with van der Waals surface area (Å²) >= 11 is 0. The number of H-pyrrole nitrogens is 1. The summed E-state index contributed by atoms with van der Waals surface area (Å²) in [5.41, 5.74) is 1.93. The smallest absolute Gasteiger partial charge is 0.259 e. The number of aryl methyl sites for hydroxylation is 2. The van der Waals surface area contributed by atoms with Gasteiger partial charge in [-0.2, -0.15) is 4.98 Å². The van der Waals surface area contributed by atoms with Gasteiger partial charge >= 0.3 is 0 Å². The Balaban J connectivity index is 1.50. The molecule has 8 heteroatoms. The molecule has 1 N–H and O–H groups in total. The van der Waals surface area contributed by atoms with E-state index in [4.69, 9.17) is 9.26 Å². The predicted octanol–water partition coefficient (Wildman–Crippen LogP) is 1.68. The van der Waals surface area contributed by atoms with E-state index in [1.54, 1.807) is 11.0 Å². The molecular formula is C19H20N4O4. The second kappa shape index (κ2) is 7.32. The highest BCUT2D eigenvalue weighted by Crippen LogP contribution is 2.19. The van der Waals surface area contributed by atoms with Gasteiger partial charge in [0.15, 0.2) is 0 Å². The van der Waals surface area contributed by atoms with E-state index in [0.29, 0.717) is 44.2 Å². The molecule has 8 nitrogen and oxygen atoms in total. The number of benzene rings is 1. The number of nitrogens with one attached hydrogen (secondary N) is 1. The summed E-state index contributed by atoms with van der Waals surface area (Å²) < 4.78 is 10.5. The van der Waals surface area contributed by atoms with Crippen LogP contribution in [0.5, 0.6) is 0 Å². The Bertz CT molecular complexity index is 1030. The average Bonchev–Trinajstić information content (AvgIpc) is 3.15. The number of ether oxygens (including phenoxy) is 1. The minimum absolute atomic E-state index is 0.0390. The van der Waals surface area contributed by atoms with Gasteiger partial charge < -0.3 is 19.1 Å². The number of hydrogen-bond acceptors (Lipinski definition) is 6. The molecule has 0 saturated carbocycles. The van der Waals surface area contributed by atoms with Crippen molar-refractivity contribution in [2.75, 3.05) is 26.3 Å². The van der Waals surface area contributed by atoms with Gasteiger partial charge in [-0.15, -0.1) is 0 Å². The molecule has 1 saturated heterocycles. The van der Waals surface area contributed by atoms with Crippen LogP contribution in [0.25, 0.3) is 22.3 Å². The summed E-state index contributed by atoms with van der Waals surface area (Å²) in [7, 11) is 0. The van der Waals surface area contributed by atoms with E-state index in [1.165, 1.54) is 0 Å². The Morgan fingerprint density at radius 2 is 2.07 bits per heavy atom. The van der Waals surface area contributed by atoms with E-state index in [2.05, 4.69) is 15.1 Å². The molecule has 2 aromatic heterocycles. The number of pyridine rings is 1. The van der Waals surface area contributed by atoms with Gasteiger partial charge in [-0.3, -0.25) is 9.59 Å². The number of nitrogens with zero attached hydrogens (tertiary/aromatic N) is 3. The third kappa shape index (κ3) is 3.75. The maximum absolute atomic E-state index is 12.4. The number of carbonyl (C=O) groups is 1. The first-order chi connectivity index (χ1) is 13.1. The van der Waals surface area contributed by atoms with E-state index < -0.39 is 0 Å². The topological polar surface area (TPSA) is 101 Å². The van der Waals surface area contributed by atoms with Crippen LogP contribution in [0.1, 0.15) is 17.9 Å². The summed E-state index contributed by atoms with van der Waals surface area (Å²) in [6.45, 7) is 4.35. The second-order valence-corrected chi connectivity index (χ2v) is 6.61. The van der Waals surface area contributed by atoms with Gasteiger partial charge in [0.2, 0.25) is 17.6 Å². The summed E-state index contributed by atoms with van der Waals surface area (Å²) in [6.07, 6.45) is 0.628. The van der Waals surface area contributed by atoms with Crippen LogP contribution in [0.4, 0.5) is 0 Å². The standard InChI is InChI=1S/C19H20N4O4/c1-12-2-3-15-13(10-12)11-14(19(25)20-15)18-21-16(27-22-18)4-5-17(24)23-6-8-26-9-7-23/h2-3,10-11H,4-9H2,1H3,(H,20,25). The first kappa shape index (κ1) is 17.4. The summed E-state index contributed by atoms with van der Waals surface area (Å²) in [6, 6.07) is 7.55. The highest BCUT2D eigenvalue weighted by atomic mass is 16.5. The quantitative estimate of drug-likeness (QED) is 0.752. The predicted molar refractivity (Wildman–Crippen MR) is 98.3 cm³/mol. The fourth-order valence-electron chi connectivity index (χ4n) is 3.14. The third-order valence-corrected chi connectivity index (χ3v) is 4.63. The van der Waals surface area contributed by atoms with Crippen LogP contribution < -0.4 is 5.56 Å². The van der Waals surface area contributed by atoms with Crippen LogP contribution in [0.15, 0.2) is 33.6 Å². The summed E-state index contributed by atoms with van der Waals surface area (Å²) in [4.78, 5) is 33.5. The molecule has 0 aliphatic carbocycles. The molecule has 0 atom stereocenters. The molecule has 27 heavy (non-hydrogen) atoms. The van der Waals surface area contributed by atoms with Crippen LogP contribution in [-0.2, 0) is 16.0 Å². The molecule has 1 aliphatic heterocycles. The van der Waals surface area contributed by atoms with Gasteiger partial charge in [-0.1, -0.05) is 16.8 Å². The monoisotopic (exact) mass is 368 g/mol. The summed E-state index contributed by atoms with van der Waals surface area (Å²) in [5.74, 6) is 0.612. The van der Waals surface area contributed by atoms with Crippen molar-refractivity contribution in [2.45, 2.75) is 19.8 Å². The van der Waals surface area contributed by atoms with Crippen LogP contribution >= 0.6 is 0 Å². The lowest BCUT2D eigenvalue weighted by molar-refractivity contribution is -0.135. The Hall–Kier alpha value is -3.00. The molecule has 3 heterocycles. The molecule has 0 radical (unpaired) electrons. The number of fused-ring (bicyclic) bond motifs is 1. The molecule has 140 valence electrons. The first-order valence-corrected chi connectivity index (χ1v) is 8.92. The number of hydrogen-bond donors (Lipinski definition) is 1. The van der Waals surface area contributed by atoms with E-state index in [9.17, 15) is 9.59 Å². The molecule has 0 bridgehead atoms. The van der Waals surface area contributed by atoms with Crippen molar-refractivity contribution in [1.82, 2.24) is 20.0 Å². The van der Waals surface area contributed by atoms with E-state index >= 15 is 0 Å². The van der Waals surface area contributed by atoms with Gasteiger partial charge in [0, 0.05) is 31.4 Å². The molecule has 4 rings (SSSR count). The lowest BCUT2D eigenvalue weighted by Crippen LogP contribution is -2.40. The van der Waals surface area contributed by atoms with Crippen molar-refractivity contribution in [1.29, 1.82) is 0 Å². The maximum atomic E-state index is 12.4. The fraction of sp³-hybridized carbons (Fsp3) is 0.368. The van der Waals surface area contributed by atoms with Gasteiger partial charge in [0.1, 0.15) is 0 Å². The van der Waals surface area contributed by atoms with Gasteiger partial charge in [0.25, 0.3) is 5.56 Å². The molecule has 1 aliphatic rings. The average molecular weight is 368 g/mol. The zero-order chi connectivity index (χ0) is 18.8. The van der Waals surface area contributed by atoms with Crippen molar-refractivity contribution in [3.63, 3.8) is 0 Å². The second-order valence-electron chi connectivity index (χ2n) is 6.61. The fourth-order valence-corrected chi connectivity index (χ4v) is 3.14. The van der Waals surface area contributed by atoms with Crippen molar-refractivity contribution in [2.24, 2.45) is 0 Å². The number of carbonyl (C=O) groups excluding carboxylic acids is 1. The number of rotatable bonds is 4. The largest absolute Gasteiger partial charge is 0.378 e. The Kier molecular flexibility index (Phi) is 4.72. The van der Waals surface area contributed by atoms with Crippen LogP contribution in [0, 0.1) is 6.92 Å². The molecule has 1 fully saturated rings. The zero-order valence-corrected chi connectivity index (χ0v) is 15.0. The Morgan fingerprint density at radius 3 is 2.89 bits per heavy atom. The minimum atomic E-state index is -0.275. The van der Waals surface area contributed by atoms with Crippen LogP contribution in [0.2, 0.25) is 0 Å². The van der Waals surface area contributed by atoms with Crippen molar-refractivity contribution in [3.05, 3.63) is 46.1 Å². The number of morpholine rings is 1. The normalized spacial score (nSPS) is 14.6. The molecule has 1 aromatic carbocycles. The molecular weight excluding hydrogens is 348 g/mol. The number of aromatic amines is 1. The number of aromatic nitrogens is 3. The molecule has 1 amide bonds. The lowest BCUT2D eigenvalue weighted by Gasteiger charge is -2.26. The first-order valence-electron chi connectivity index (χ1n) is 8.92. The summed E-state index contributed by atoms with van der Waals surface area (Å²) in [5, 5.41) is 4.82. The SMILES string of the molecule is Cc1ccc2[nH]c(=O)c(-c3noc(CCC(=O)N4CCOCC4)n3)cc2c1. The third-order valence-electron chi connectivity index (χ3n) is 4.63. The van der Waals surface area contributed by atoms with Crippen molar-refractivity contribution >= 4 is 16.8 Å². The van der Waals surface area contributed by atoms with Crippen molar-refractivity contribution in [3.8, 4) is 11.4 Å². The molecule has 0 spiro atoms. The number of amides is 1. The minimum Gasteiger partial charge on any atom is -0.378 e.